The Balaban J connectivity index is 2.11. The summed E-state index contributed by atoms with van der Waals surface area (Å²) in [7, 11) is 0. The summed E-state index contributed by atoms with van der Waals surface area (Å²) in [6.07, 6.45) is 5.88. The lowest BCUT2D eigenvalue weighted by atomic mass is 9.95. The molecule has 0 aliphatic heterocycles. The van der Waals surface area contributed by atoms with E-state index in [9.17, 15) is 14.4 Å². The SMILES string of the molecule is Cc1cc(C)cc(C(=O)c2[nH]c(=O)n(CC3CC=CC3)c(=O)c2C(C)C)c1. The predicted molar refractivity (Wildman–Crippen MR) is 107 cm³/mol. The third-order valence-electron chi connectivity index (χ3n) is 5.06. The molecule has 0 amide bonds. The molecular weight excluding hydrogens is 340 g/mol. The minimum Gasteiger partial charge on any atom is -0.303 e. The Kier molecular flexibility index (Phi) is 5.31. The first kappa shape index (κ1) is 19.1. The van der Waals surface area contributed by atoms with Gasteiger partial charge < -0.3 is 4.98 Å². The molecule has 0 saturated carbocycles. The van der Waals surface area contributed by atoms with Gasteiger partial charge in [0, 0.05) is 17.7 Å². The molecule has 142 valence electrons. The lowest BCUT2D eigenvalue weighted by molar-refractivity contribution is 0.103. The van der Waals surface area contributed by atoms with E-state index in [0.29, 0.717) is 17.7 Å². The van der Waals surface area contributed by atoms with Gasteiger partial charge in [-0.2, -0.15) is 0 Å². The molecule has 1 aromatic carbocycles. The number of carbonyl (C=O) groups excluding carboxylic acids is 1. The number of H-pyrrole nitrogens is 1. The van der Waals surface area contributed by atoms with Crippen LogP contribution in [0.4, 0.5) is 0 Å². The van der Waals surface area contributed by atoms with Gasteiger partial charge in [-0.25, -0.2) is 4.79 Å². The third-order valence-corrected chi connectivity index (χ3v) is 5.06. The molecule has 0 fully saturated rings. The number of ketones is 1. The lowest BCUT2D eigenvalue weighted by Crippen LogP contribution is -2.41. The Hall–Kier alpha value is -2.69. The number of carbonyl (C=O) groups is 1. The molecule has 0 unspecified atom stereocenters. The molecule has 1 heterocycles. The maximum Gasteiger partial charge on any atom is 0.328 e. The second-order valence-corrected chi connectivity index (χ2v) is 7.80. The van der Waals surface area contributed by atoms with Gasteiger partial charge in [0.2, 0.25) is 5.78 Å². The van der Waals surface area contributed by atoms with Gasteiger partial charge in [0.15, 0.2) is 0 Å². The monoisotopic (exact) mass is 366 g/mol. The molecule has 1 aliphatic rings. The smallest absolute Gasteiger partial charge is 0.303 e. The number of rotatable bonds is 5. The second kappa shape index (κ2) is 7.51. The van der Waals surface area contributed by atoms with Crippen LogP contribution in [0.2, 0.25) is 0 Å². The van der Waals surface area contributed by atoms with Gasteiger partial charge in [0.25, 0.3) is 5.56 Å². The number of aryl methyl sites for hydroxylation is 2. The van der Waals surface area contributed by atoms with Crippen molar-refractivity contribution in [2.45, 2.75) is 53.0 Å². The highest BCUT2D eigenvalue weighted by molar-refractivity contribution is 6.08. The topological polar surface area (TPSA) is 71.9 Å². The number of hydrogen-bond acceptors (Lipinski definition) is 3. The summed E-state index contributed by atoms with van der Waals surface area (Å²) >= 11 is 0. The molecule has 0 spiro atoms. The van der Waals surface area contributed by atoms with Gasteiger partial charge >= 0.3 is 5.69 Å². The largest absolute Gasteiger partial charge is 0.328 e. The van der Waals surface area contributed by atoms with Crippen molar-refractivity contribution >= 4 is 5.78 Å². The van der Waals surface area contributed by atoms with Crippen LogP contribution >= 0.6 is 0 Å². The van der Waals surface area contributed by atoms with E-state index in [4.69, 9.17) is 0 Å². The number of allylic oxidation sites excluding steroid dienone is 2. The summed E-state index contributed by atoms with van der Waals surface area (Å²) in [5, 5.41) is 0. The molecule has 0 radical (unpaired) electrons. The van der Waals surface area contributed by atoms with Crippen molar-refractivity contribution in [1.29, 1.82) is 0 Å². The number of aromatic nitrogens is 2. The molecule has 1 aliphatic carbocycles. The van der Waals surface area contributed by atoms with E-state index in [0.717, 1.165) is 24.0 Å². The summed E-state index contributed by atoms with van der Waals surface area (Å²) in [6, 6.07) is 5.55. The Labute approximate surface area is 158 Å². The third kappa shape index (κ3) is 3.87. The molecule has 2 aromatic rings. The summed E-state index contributed by atoms with van der Waals surface area (Å²) in [5.74, 6) is -0.230. The van der Waals surface area contributed by atoms with Gasteiger partial charge in [-0.05, 0) is 50.7 Å². The molecule has 0 atom stereocenters. The van der Waals surface area contributed by atoms with Crippen LogP contribution in [0, 0.1) is 19.8 Å². The zero-order valence-corrected chi connectivity index (χ0v) is 16.3. The first-order valence-electron chi connectivity index (χ1n) is 9.43. The fourth-order valence-electron chi connectivity index (χ4n) is 3.80. The average Bonchev–Trinajstić information content (AvgIpc) is 3.09. The van der Waals surface area contributed by atoms with E-state index in [1.165, 1.54) is 4.57 Å². The first-order valence-corrected chi connectivity index (χ1v) is 9.43. The molecule has 1 aromatic heterocycles. The fraction of sp³-hybridized carbons (Fsp3) is 0.409. The minimum absolute atomic E-state index is 0.116. The van der Waals surface area contributed by atoms with Crippen LogP contribution in [-0.2, 0) is 6.54 Å². The van der Waals surface area contributed by atoms with Crippen LogP contribution in [0.15, 0.2) is 39.9 Å². The fourth-order valence-corrected chi connectivity index (χ4v) is 3.80. The molecule has 5 nitrogen and oxygen atoms in total. The maximum absolute atomic E-state index is 13.1. The molecule has 3 rings (SSSR count). The minimum atomic E-state index is -0.510. The van der Waals surface area contributed by atoms with Crippen LogP contribution in [-0.4, -0.2) is 15.3 Å². The number of nitrogens with one attached hydrogen (secondary N) is 1. The van der Waals surface area contributed by atoms with E-state index in [1.54, 1.807) is 12.1 Å². The number of aromatic amines is 1. The van der Waals surface area contributed by atoms with E-state index in [1.807, 2.05) is 33.8 Å². The lowest BCUT2D eigenvalue weighted by Gasteiger charge is -2.16. The van der Waals surface area contributed by atoms with Gasteiger partial charge in [-0.15, -0.1) is 0 Å². The zero-order chi connectivity index (χ0) is 19.7. The van der Waals surface area contributed by atoms with Gasteiger partial charge in [0.1, 0.15) is 0 Å². The van der Waals surface area contributed by atoms with Gasteiger partial charge in [-0.1, -0.05) is 43.2 Å². The molecule has 0 saturated heterocycles. The maximum atomic E-state index is 13.1. The Morgan fingerprint density at radius 2 is 1.70 bits per heavy atom. The Morgan fingerprint density at radius 3 is 2.26 bits per heavy atom. The highest BCUT2D eigenvalue weighted by Crippen LogP contribution is 2.21. The number of benzene rings is 1. The van der Waals surface area contributed by atoms with Gasteiger partial charge in [-0.3, -0.25) is 14.2 Å². The van der Waals surface area contributed by atoms with Crippen molar-refractivity contribution in [2.24, 2.45) is 5.92 Å². The van der Waals surface area contributed by atoms with Crippen LogP contribution in [0.25, 0.3) is 0 Å². The summed E-state index contributed by atoms with van der Waals surface area (Å²) in [4.78, 5) is 41.5. The van der Waals surface area contributed by atoms with Crippen molar-refractivity contribution in [3.05, 3.63) is 79.1 Å². The van der Waals surface area contributed by atoms with E-state index >= 15 is 0 Å². The highest BCUT2D eigenvalue weighted by atomic mass is 16.2. The van der Waals surface area contributed by atoms with Crippen LogP contribution in [0.5, 0.6) is 0 Å². The molecule has 27 heavy (non-hydrogen) atoms. The second-order valence-electron chi connectivity index (χ2n) is 7.80. The van der Waals surface area contributed by atoms with Crippen molar-refractivity contribution in [3.8, 4) is 0 Å². The van der Waals surface area contributed by atoms with Crippen molar-refractivity contribution in [1.82, 2.24) is 9.55 Å². The van der Waals surface area contributed by atoms with Crippen molar-refractivity contribution in [3.63, 3.8) is 0 Å². The summed E-state index contributed by atoms with van der Waals surface area (Å²) < 4.78 is 1.26. The average molecular weight is 366 g/mol. The highest BCUT2D eigenvalue weighted by Gasteiger charge is 2.24. The van der Waals surface area contributed by atoms with Crippen molar-refractivity contribution in [2.75, 3.05) is 0 Å². The van der Waals surface area contributed by atoms with Gasteiger partial charge in [0.05, 0.1) is 5.69 Å². The summed E-state index contributed by atoms with van der Waals surface area (Å²) in [6.45, 7) is 7.95. The van der Waals surface area contributed by atoms with E-state index in [-0.39, 0.29) is 28.9 Å². The molecule has 1 N–H and O–H groups in total. The van der Waals surface area contributed by atoms with Crippen molar-refractivity contribution < 1.29 is 4.79 Å². The number of nitrogens with zero attached hydrogens (tertiary/aromatic N) is 1. The Morgan fingerprint density at radius 1 is 1.11 bits per heavy atom. The summed E-state index contributed by atoms with van der Waals surface area (Å²) in [5.41, 5.74) is 2.05. The molecule has 5 heteroatoms. The zero-order valence-electron chi connectivity index (χ0n) is 16.3. The molecule has 0 bridgehead atoms. The first-order chi connectivity index (χ1) is 12.8. The predicted octanol–water partition coefficient (Wildman–Crippen LogP) is 3.47. The van der Waals surface area contributed by atoms with Crippen LogP contribution < -0.4 is 11.2 Å². The molecular formula is C22H26N2O3. The Bertz CT molecular complexity index is 997. The quantitative estimate of drug-likeness (QED) is 0.650. The normalized spacial score (nSPS) is 14.3. The van der Waals surface area contributed by atoms with Crippen LogP contribution in [0.1, 0.15) is 65.3 Å². The van der Waals surface area contributed by atoms with E-state index in [2.05, 4.69) is 17.1 Å². The number of hydrogen-bond donors (Lipinski definition) is 1. The van der Waals surface area contributed by atoms with Crippen LogP contribution in [0.3, 0.4) is 0 Å². The van der Waals surface area contributed by atoms with E-state index < -0.39 is 5.69 Å². The standard InChI is InChI=1S/C22H26N2O3/c1-13(2)18-19(20(25)17-10-14(3)9-15(4)11-17)23-22(27)24(21(18)26)12-16-7-5-6-8-16/h5-6,9-11,13,16H,7-8,12H2,1-4H3,(H,23,27).